The Balaban J connectivity index is 0.000000658. The van der Waals surface area contributed by atoms with Crippen molar-refractivity contribution in [2.24, 2.45) is 0 Å². The number of aromatic nitrogens is 2. The Morgan fingerprint density at radius 1 is 1.13 bits per heavy atom. The molecule has 3 rings (SSSR count). The number of nitrogens with zero attached hydrogens (tertiary/aromatic N) is 3. The lowest BCUT2D eigenvalue weighted by Gasteiger charge is -2.22. The third-order valence-electron chi connectivity index (χ3n) is 5.01. The lowest BCUT2D eigenvalue weighted by molar-refractivity contribution is 0.0500. The van der Waals surface area contributed by atoms with Crippen molar-refractivity contribution in [1.82, 2.24) is 15.5 Å². The summed E-state index contributed by atoms with van der Waals surface area (Å²) in [6.07, 6.45) is 0.909. The minimum Gasteiger partial charge on any atom is -0.478 e. The zero-order valence-electron chi connectivity index (χ0n) is 23.3. The summed E-state index contributed by atoms with van der Waals surface area (Å²) in [7, 11) is -3.65. The van der Waals surface area contributed by atoms with E-state index in [1.54, 1.807) is 27.7 Å². The number of aromatic carboxylic acids is 1. The quantitative estimate of drug-likeness (QED) is 0.379. The second-order valence-corrected chi connectivity index (χ2v) is 11.8. The van der Waals surface area contributed by atoms with E-state index in [1.807, 2.05) is 25.1 Å². The molecule has 2 N–H and O–H groups in total. The number of carbonyl (C=O) groups excluding carboxylic acids is 1. The number of carboxylic acids is 1. The van der Waals surface area contributed by atoms with Crippen LogP contribution in [0.1, 0.15) is 68.9 Å². The molecule has 0 spiro atoms. The highest BCUT2D eigenvalue weighted by Gasteiger charge is 2.24. The number of hydrogen-bond acceptors (Lipinski definition) is 8. The predicted molar refractivity (Wildman–Crippen MR) is 148 cm³/mol. The van der Waals surface area contributed by atoms with E-state index in [2.05, 4.69) is 34.6 Å². The summed E-state index contributed by atoms with van der Waals surface area (Å²) in [5.41, 5.74) is 0.905. The van der Waals surface area contributed by atoms with Gasteiger partial charge in [-0.25, -0.2) is 18.0 Å². The first-order valence-electron chi connectivity index (χ1n) is 12.3. The average molecular weight is 561 g/mol. The second-order valence-electron chi connectivity index (χ2n) is 9.88. The number of hydrogen-bond donors (Lipinski definition) is 2. The van der Waals surface area contributed by atoms with Gasteiger partial charge < -0.3 is 19.6 Å². The Morgan fingerprint density at radius 3 is 2.26 bits per heavy atom. The van der Waals surface area contributed by atoms with Crippen LogP contribution in [0.5, 0.6) is 0 Å². The van der Waals surface area contributed by atoms with E-state index in [0.29, 0.717) is 6.42 Å². The van der Waals surface area contributed by atoms with Crippen LogP contribution in [-0.2, 0) is 14.8 Å². The van der Waals surface area contributed by atoms with Crippen molar-refractivity contribution >= 4 is 27.8 Å². The number of anilines is 1. The molecular weight excluding hydrogens is 524 g/mol. The van der Waals surface area contributed by atoms with Gasteiger partial charge in [-0.15, -0.1) is 10.2 Å². The van der Waals surface area contributed by atoms with Gasteiger partial charge in [0.15, 0.2) is 0 Å². The third kappa shape index (κ3) is 10.0. The van der Waals surface area contributed by atoms with E-state index >= 15 is 0 Å². The van der Waals surface area contributed by atoms with Crippen molar-refractivity contribution in [3.63, 3.8) is 0 Å². The maximum atomic E-state index is 12.2. The first-order chi connectivity index (χ1) is 18.1. The van der Waals surface area contributed by atoms with Crippen LogP contribution in [0, 0.1) is 6.92 Å². The highest BCUT2D eigenvalue weighted by molar-refractivity contribution is 7.92. The zero-order chi connectivity index (χ0) is 29.4. The van der Waals surface area contributed by atoms with E-state index in [9.17, 15) is 23.1 Å². The summed E-state index contributed by atoms with van der Waals surface area (Å²) in [5, 5.41) is 19.9. The highest BCUT2D eigenvalue weighted by atomic mass is 32.2. The van der Waals surface area contributed by atoms with Crippen molar-refractivity contribution in [3.05, 3.63) is 65.5 Å². The predicted octanol–water partition coefficient (Wildman–Crippen LogP) is 5.19. The molecule has 212 valence electrons. The second kappa shape index (κ2) is 13.2. The Bertz CT molecular complexity index is 1370. The fraction of sp³-hybridized carbons (Fsp3) is 0.407. The number of rotatable bonds is 8. The van der Waals surface area contributed by atoms with Crippen LogP contribution in [0.4, 0.5) is 10.5 Å². The third-order valence-corrected chi connectivity index (χ3v) is 6.21. The van der Waals surface area contributed by atoms with Gasteiger partial charge in [0.25, 0.3) is 0 Å². The molecule has 1 heterocycles. The van der Waals surface area contributed by atoms with E-state index < -0.39 is 33.7 Å². The Kier molecular flexibility index (Phi) is 10.6. The van der Waals surface area contributed by atoms with Gasteiger partial charge in [0, 0.05) is 12.1 Å². The summed E-state index contributed by atoms with van der Waals surface area (Å²) in [4.78, 5) is 23.6. The van der Waals surface area contributed by atoms with Crippen LogP contribution in [-0.4, -0.2) is 54.2 Å². The molecule has 12 heteroatoms. The van der Waals surface area contributed by atoms with Crippen LogP contribution in [0.2, 0.25) is 0 Å². The van der Waals surface area contributed by atoms with Gasteiger partial charge >= 0.3 is 12.1 Å². The largest absolute Gasteiger partial charge is 0.478 e. The summed E-state index contributed by atoms with van der Waals surface area (Å²) >= 11 is 0. The lowest BCUT2D eigenvalue weighted by Crippen LogP contribution is -2.34. The molecule has 1 atom stereocenters. The summed E-state index contributed by atoms with van der Waals surface area (Å²) < 4.78 is 36.4. The molecule has 1 unspecified atom stereocenters. The fourth-order valence-corrected chi connectivity index (χ4v) is 4.30. The number of sulfonamides is 1. The lowest BCUT2D eigenvalue weighted by atomic mass is 10.1. The fourth-order valence-electron chi connectivity index (χ4n) is 3.30. The minimum atomic E-state index is -3.65. The Labute approximate surface area is 229 Å². The van der Waals surface area contributed by atoms with Gasteiger partial charge in [-0.2, -0.15) is 0 Å². The van der Waals surface area contributed by atoms with Crippen molar-refractivity contribution < 1.29 is 32.3 Å². The number of carboxylic acid groups (broad SMARTS) is 1. The van der Waals surface area contributed by atoms with Gasteiger partial charge in [0.05, 0.1) is 17.5 Å². The summed E-state index contributed by atoms with van der Waals surface area (Å²) in [6, 6.07) is 13.6. The standard InChI is InChI=1S/C20H28N4O7S.C7H8/c1-7-8-24(32(6,28)29)15-10-13(9-14(11-15)18(25)26)17-23-22-16(30-17)12(2)21-19(27)31-20(3,4)5;1-7-5-3-2-4-6-7/h9-12H,7-8H2,1-6H3,(H,21,27)(H,25,26);2-6H,1H3. The molecule has 0 aliphatic heterocycles. The SMILES string of the molecule is CCCN(c1cc(C(=O)O)cc(-c2nnc(C(C)NC(=O)OC(C)(C)C)o2)c1)S(C)(=O)=O.Cc1ccccc1. The maximum absolute atomic E-state index is 12.2. The molecule has 0 bridgehead atoms. The van der Waals surface area contributed by atoms with Crippen LogP contribution < -0.4 is 9.62 Å². The van der Waals surface area contributed by atoms with Gasteiger partial charge in [0.2, 0.25) is 21.8 Å². The van der Waals surface area contributed by atoms with E-state index in [1.165, 1.54) is 23.8 Å². The first kappa shape index (κ1) is 31.3. The smallest absolute Gasteiger partial charge is 0.408 e. The van der Waals surface area contributed by atoms with E-state index in [4.69, 9.17) is 9.15 Å². The van der Waals surface area contributed by atoms with E-state index in [0.717, 1.165) is 10.6 Å². The highest BCUT2D eigenvalue weighted by Crippen LogP contribution is 2.29. The molecule has 0 radical (unpaired) electrons. The van der Waals surface area contributed by atoms with Crippen molar-refractivity contribution in [1.29, 1.82) is 0 Å². The summed E-state index contributed by atoms with van der Waals surface area (Å²) in [6.45, 7) is 10.9. The molecule has 39 heavy (non-hydrogen) atoms. The molecule has 1 amide bonds. The molecule has 3 aromatic rings. The average Bonchev–Trinajstić information content (AvgIpc) is 3.32. The van der Waals surface area contributed by atoms with Crippen molar-refractivity contribution in [2.45, 2.75) is 59.6 Å². The zero-order valence-corrected chi connectivity index (χ0v) is 24.1. The van der Waals surface area contributed by atoms with Gasteiger partial charge in [-0.1, -0.05) is 42.8 Å². The molecule has 0 saturated carbocycles. The van der Waals surface area contributed by atoms with Gasteiger partial charge in [0.1, 0.15) is 11.6 Å². The normalized spacial score (nSPS) is 12.1. The Morgan fingerprint density at radius 2 is 1.77 bits per heavy atom. The van der Waals surface area contributed by atoms with Crippen LogP contribution >= 0.6 is 0 Å². The molecular formula is C27H36N4O7S. The number of ether oxygens (including phenoxy) is 1. The number of aryl methyl sites for hydroxylation is 1. The molecule has 0 aliphatic carbocycles. The molecule has 0 aliphatic rings. The Hall–Kier alpha value is -3.93. The van der Waals surface area contributed by atoms with Crippen LogP contribution in [0.3, 0.4) is 0 Å². The van der Waals surface area contributed by atoms with Gasteiger partial charge in [-0.3, -0.25) is 4.31 Å². The first-order valence-corrected chi connectivity index (χ1v) is 14.2. The number of benzene rings is 2. The van der Waals surface area contributed by atoms with Crippen LogP contribution in [0.15, 0.2) is 52.9 Å². The maximum Gasteiger partial charge on any atom is 0.408 e. The molecule has 11 nitrogen and oxygen atoms in total. The molecule has 0 saturated heterocycles. The van der Waals surface area contributed by atoms with E-state index in [-0.39, 0.29) is 35.1 Å². The van der Waals surface area contributed by atoms with Gasteiger partial charge in [-0.05, 0) is 59.2 Å². The topological polar surface area (TPSA) is 152 Å². The van der Waals surface area contributed by atoms with Crippen molar-refractivity contribution in [2.75, 3.05) is 17.1 Å². The number of carbonyl (C=O) groups is 2. The number of alkyl carbamates (subject to hydrolysis) is 1. The minimum absolute atomic E-state index is 0.0212. The summed E-state index contributed by atoms with van der Waals surface area (Å²) in [5.74, 6) is -1.19. The molecule has 0 fully saturated rings. The number of amides is 1. The molecule has 1 aromatic heterocycles. The number of nitrogens with one attached hydrogen (secondary N) is 1. The molecule has 2 aromatic carbocycles. The monoisotopic (exact) mass is 560 g/mol. The van der Waals surface area contributed by atoms with Crippen LogP contribution in [0.25, 0.3) is 11.5 Å². The van der Waals surface area contributed by atoms with Crippen molar-refractivity contribution in [3.8, 4) is 11.5 Å².